The van der Waals surface area contributed by atoms with Gasteiger partial charge in [-0.2, -0.15) is 0 Å². The van der Waals surface area contributed by atoms with Crippen molar-refractivity contribution < 1.29 is 0 Å². The van der Waals surface area contributed by atoms with Crippen LogP contribution >= 0.6 is 0 Å². The average Bonchev–Trinajstić information content (AvgIpc) is 3.88. The van der Waals surface area contributed by atoms with E-state index in [4.69, 9.17) is 0 Å². The summed E-state index contributed by atoms with van der Waals surface area (Å²) in [6, 6.07) is 79.8. The van der Waals surface area contributed by atoms with E-state index in [0.717, 1.165) is 11.4 Å². The van der Waals surface area contributed by atoms with Crippen LogP contribution in [0.25, 0.3) is 66.1 Å². The first kappa shape index (κ1) is 34.4. The summed E-state index contributed by atoms with van der Waals surface area (Å²) in [5, 5.41) is 5.07. The van der Waals surface area contributed by atoms with Crippen LogP contribution in [0, 0.1) is 0 Å². The molecule has 1 heteroatoms. The molecule has 1 spiro atoms. The maximum atomic E-state index is 2.55. The largest absolute Gasteiger partial charge is 0.310 e. The molecule has 13 rings (SSSR count). The van der Waals surface area contributed by atoms with Crippen molar-refractivity contribution in [2.45, 2.75) is 24.7 Å². The smallest absolute Gasteiger partial charge is 0.0726 e. The number of hydrogen-bond donors (Lipinski definition) is 0. The standard InChI is InChI=1S/C60H41N/c1-59(2)51-23-11-10-22-50(51)57-56(36-42-17-5-6-18-45(42)58(57)59)61(43-31-29-39(30-32-43)41-28-27-38-15-3-4-16-40(38)35-41)44-33-34-49-48-21-9-14-26-54(48)60(55(49)37-44)52-24-12-7-19-46(52)47-20-8-13-25-53(47)60/h3-37H,1-2H3. The average molecular weight is 776 g/mol. The molecule has 0 aliphatic heterocycles. The van der Waals surface area contributed by atoms with Gasteiger partial charge in [0.15, 0.2) is 0 Å². The van der Waals surface area contributed by atoms with Gasteiger partial charge in [-0.25, -0.2) is 0 Å². The van der Waals surface area contributed by atoms with E-state index in [-0.39, 0.29) is 5.41 Å². The molecule has 0 atom stereocenters. The first-order valence-corrected chi connectivity index (χ1v) is 21.5. The van der Waals surface area contributed by atoms with Crippen LogP contribution < -0.4 is 4.90 Å². The Labute approximate surface area is 356 Å². The van der Waals surface area contributed by atoms with Crippen LogP contribution in [0.4, 0.5) is 17.1 Å². The lowest BCUT2D eigenvalue weighted by Gasteiger charge is -2.33. The minimum atomic E-state index is -0.444. The summed E-state index contributed by atoms with van der Waals surface area (Å²) in [6.07, 6.45) is 0. The fourth-order valence-corrected chi connectivity index (χ4v) is 11.6. The molecule has 0 bridgehead atoms. The first-order chi connectivity index (χ1) is 30.0. The van der Waals surface area contributed by atoms with Crippen molar-refractivity contribution in [2.75, 3.05) is 4.90 Å². The van der Waals surface area contributed by atoms with Gasteiger partial charge in [0.2, 0.25) is 0 Å². The van der Waals surface area contributed by atoms with E-state index in [1.807, 2.05) is 0 Å². The van der Waals surface area contributed by atoms with Crippen molar-refractivity contribution in [1.29, 1.82) is 0 Å². The zero-order valence-corrected chi connectivity index (χ0v) is 34.2. The zero-order valence-electron chi connectivity index (χ0n) is 34.2. The molecule has 10 aromatic rings. The molecule has 3 aliphatic carbocycles. The quantitative estimate of drug-likeness (QED) is 0.172. The van der Waals surface area contributed by atoms with Crippen LogP contribution in [0.1, 0.15) is 47.2 Å². The summed E-state index contributed by atoms with van der Waals surface area (Å²) in [4.78, 5) is 2.55. The first-order valence-electron chi connectivity index (χ1n) is 21.5. The number of benzene rings is 10. The molecule has 0 amide bonds. The lowest BCUT2D eigenvalue weighted by atomic mass is 9.70. The monoisotopic (exact) mass is 775 g/mol. The molecule has 0 fully saturated rings. The molecule has 0 heterocycles. The molecular weight excluding hydrogens is 735 g/mol. The number of fused-ring (bicyclic) bond motifs is 16. The van der Waals surface area contributed by atoms with Crippen LogP contribution in [0.2, 0.25) is 0 Å². The zero-order chi connectivity index (χ0) is 40.5. The van der Waals surface area contributed by atoms with E-state index < -0.39 is 5.41 Å². The van der Waals surface area contributed by atoms with Gasteiger partial charge in [0.1, 0.15) is 0 Å². The second-order valence-electron chi connectivity index (χ2n) is 17.6. The Kier molecular flexibility index (Phi) is 7.06. The lowest BCUT2D eigenvalue weighted by Crippen LogP contribution is -2.26. The van der Waals surface area contributed by atoms with Crippen LogP contribution in [-0.2, 0) is 10.8 Å². The van der Waals surface area contributed by atoms with Gasteiger partial charge in [0.25, 0.3) is 0 Å². The van der Waals surface area contributed by atoms with Gasteiger partial charge in [-0.1, -0.05) is 190 Å². The Morgan fingerprint density at radius 1 is 0.344 bits per heavy atom. The Bertz CT molecular complexity index is 3390. The van der Waals surface area contributed by atoms with E-state index in [2.05, 4.69) is 231 Å². The van der Waals surface area contributed by atoms with E-state index in [9.17, 15) is 0 Å². The van der Waals surface area contributed by atoms with Gasteiger partial charge in [0, 0.05) is 22.4 Å². The predicted molar refractivity (Wildman–Crippen MR) is 255 cm³/mol. The molecule has 61 heavy (non-hydrogen) atoms. The Hall–Kier alpha value is -7.48. The van der Waals surface area contributed by atoms with E-state index in [0.29, 0.717) is 0 Å². The second kappa shape index (κ2) is 12.5. The molecule has 10 aromatic carbocycles. The van der Waals surface area contributed by atoms with Gasteiger partial charge in [-0.05, 0) is 130 Å². The summed E-state index contributed by atoms with van der Waals surface area (Å²) in [5.41, 5.74) is 21.3. The lowest BCUT2D eigenvalue weighted by molar-refractivity contribution is 0.666. The third-order valence-electron chi connectivity index (χ3n) is 14.2. The minimum Gasteiger partial charge on any atom is -0.310 e. The Balaban J connectivity index is 1.10. The third kappa shape index (κ3) is 4.61. The maximum Gasteiger partial charge on any atom is 0.0726 e. The van der Waals surface area contributed by atoms with E-state index >= 15 is 0 Å². The normalized spacial score (nSPS) is 14.3. The molecule has 1 nitrogen and oxygen atoms in total. The third-order valence-corrected chi connectivity index (χ3v) is 14.2. The van der Waals surface area contributed by atoms with Gasteiger partial charge in [-0.3, -0.25) is 0 Å². The number of anilines is 3. The highest BCUT2D eigenvalue weighted by atomic mass is 15.1. The predicted octanol–water partition coefficient (Wildman–Crippen LogP) is 15.8. The van der Waals surface area contributed by atoms with E-state index in [1.54, 1.807) is 0 Å². The van der Waals surface area contributed by atoms with Crippen molar-refractivity contribution in [3.63, 3.8) is 0 Å². The van der Waals surface area contributed by atoms with E-state index in [1.165, 1.54) is 105 Å². The minimum absolute atomic E-state index is 0.186. The van der Waals surface area contributed by atoms with Crippen molar-refractivity contribution in [2.24, 2.45) is 0 Å². The Morgan fingerprint density at radius 2 is 0.852 bits per heavy atom. The molecular formula is C60H41N. The fourth-order valence-electron chi connectivity index (χ4n) is 11.6. The summed E-state index contributed by atoms with van der Waals surface area (Å²) in [6.45, 7) is 4.81. The van der Waals surface area contributed by atoms with Crippen molar-refractivity contribution in [3.8, 4) is 44.5 Å². The van der Waals surface area contributed by atoms with Gasteiger partial charge < -0.3 is 4.90 Å². The van der Waals surface area contributed by atoms with Crippen LogP contribution in [0.5, 0.6) is 0 Å². The molecule has 0 N–H and O–H groups in total. The number of rotatable bonds is 4. The van der Waals surface area contributed by atoms with Gasteiger partial charge in [0.05, 0.1) is 11.1 Å². The SMILES string of the molecule is CC1(C)c2ccccc2-c2c(N(c3ccc(-c4ccc5ccccc5c4)cc3)c3ccc4c(c3)C3(c5ccccc5-c5ccccc53)c3ccccc3-4)cc3ccccc3c21. The Morgan fingerprint density at radius 3 is 1.52 bits per heavy atom. The molecule has 0 saturated carbocycles. The highest BCUT2D eigenvalue weighted by Gasteiger charge is 2.51. The highest BCUT2D eigenvalue weighted by molar-refractivity contribution is 6.06. The van der Waals surface area contributed by atoms with Gasteiger partial charge >= 0.3 is 0 Å². The van der Waals surface area contributed by atoms with Crippen molar-refractivity contribution in [1.82, 2.24) is 0 Å². The highest BCUT2D eigenvalue weighted by Crippen LogP contribution is 2.64. The molecule has 3 aliphatic rings. The van der Waals surface area contributed by atoms with Crippen molar-refractivity contribution in [3.05, 3.63) is 246 Å². The summed E-state index contributed by atoms with van der Waals surface area (Å²) in [7, 11) is 0. The van der Waals surface area contributed by atoms with Gasteiger partial charge in [-0.15, -0.1) is 0 Å². The number of nitrogens with zero attached hydrogens (tertiary/aromatic N) is 1. The molecule has 286 valence electrons. The molecule has 0 saturated heterocycles. The van der Waals surface area contributed by atoms with Crippen molar-refractivity contribution >= 4 is 38.6 Å². The van der Waals surface area contributed by atoms with Crippen LogP contribution in [0.3, 0.4) is 0 Å². The second-order valence-corrected chi connectivity index (χ2v) is 17.6. The maximum absolute atomic E-state index is 2.55. The fraction of sp³-hybridized carbons (Fsp3) is 0.0667. The molecule has 0 aromatic heterocycles. The van der Waals surface area contributed by atoms with Crippen LogP contribution in [0.15, 0.2) is 212 Å². The summed E-state index contributed by atoms with van der Waals surface area (Å²) in [5.74, 6) is 0. The topological polar surface area (TPSA) is 3.24 Å². The molecule has 0 unspecified atom stereocenters. The summed E-state index contributed by atoms with van der Waals surface area (Å²) >= 11 is 0. The number of hydrogen-bond acceptors (Lipinski definition) is 1. The van der Waals surface area contributed by atoms with Crippen LogP contribution in [-0.4, -0.2) is 0 Å². The summed E-state index contributed by atoms with van der Waals surface area (Å²) < 4.78 is 0. The molecule has 0 radical (unpaired) electrons.